The molecule has 0 aliphatic heterocycles. The molecule has 0 bridgehead atoms. The highest BCUT2D eigenvalue weighted by Gasteiger charge is 1.99. The van der Waals surface area contributed by atoms with Gasteiger partial charge in [0.15, 0.2) is 10.8 Å². The van der Waals surface area contributed by atoms with Crippen molar-refractivity contribution >= 4 is 17.4 Å². The molecule has 0 saturated carbocycles. The van der Waals surface area contributed by atoms with Crippen molar-refractivity contribution < 1.29 is 0 Å². The van der Waals surface area contributed by atoms with Crippen molar-refractivity contribution in [3.8, 4) is 0 Å². The number of rotatable bonds is 1. The Hall–Kier alpha value is -1.10. The maximum atomic E-state index is 4.07. The topological polar surface area (TPSA) is 43.1 Å². The lowest BCUT2D eigenvalue weighted by atomic mass is 10.8. The molecule has 5 heteroatoms. The van der Waals surface area contributed by atoms with Gasteiger partial charge >= 0.3 is 0 Å². The molecule has 0 saturated heterocycles. The summed E-state index contributed by atoms with van der Waals surface area (Å²) in [6, 6.07) is 0. The molecular formula is C6H6N4S. The van der Waals surface area contributed by atoms with E-state index in [1.165, 1.54) is 0 Å². The normalized spacial score (nSPS) is 10.6. The van der Waals surface area contributed by atoms with E-state index in [0.717, 1.165) is 10.8 Å². The van der Waals surface area contributed by atoms with Gasteiger partial charge in [0.05, 0.1) is 6.20 Å². The molecule has 0 fully saturated rings. The highest BCUT2D eigenvalue weighted by Crippen LogP contribution is 2.10. The summed E-state index contributed by atoms with van der Waals surface area (Å²) in [6.07, 6.45) is 7.21. The first kappa shape index (κ1) is 6.60. The average molecular weight is 166 g/mol. The van der Waals surface area contributed by atoms with E-state index in [-0.39, 0.29) is 0 Å². The zero-order valence-electron chi connectivity index (χ0n) is 5.93. The highest BCUT2D eigenvalue weighted by molar-refractivity contribution is 7.98. The van der Waals surface area contributed by atoms with Crippen molar-refractivity contribution in [1.82, 2.24) is 19.6 Å². The quantitative estimate of drug-likeness (QED) is 0.589. The average Bonchev–Trinajstić information content (AvgIpc) is 2.50. The molecule has 4 nitrogen and oxygen atoms in total. The number of fused-ring (bicyclic) bond motifs is 1. The van der Waals surface area contributed by atoms with Crippen LogP contribution in [-0.4, -0.2) is 25.8 Å². The lowest BCUT2D eigenvalue weighted by Gasteiger charge is -1.96. The fourth-order valence-electron chi connectivity index (χ4n) is 0.889. The molecule has 0 atom stereocenters. The van der Waals surface area contributed by atoms with E-state index in [9.17, 15) is 0 Å². The zero-order chi connectivity index (χ0) is 7.68. The second-order valence-electron chi connectivity index (χ2n) is 1.99. The Labute approximate surface area is 67.7 Å². The summed E-state index contributed by atoms with van der Waals surface area (Å²) in [7, 11) is 0. The summed E-state index contributed by atoms with van der Waals surface area (Å²) >= 11 is 1.55. The Balaban J connectivity index is 2.79. The third-order valence-electron chi connectivity index (χ3n) is 1.37. The minimum Gasteiger partial charge on any atom is -0.276 e. The lowest BCUT2D eigenvalue weighted by Crippen LogP contribution is -1.94. The van der Waals surface area contributed by atoms with Gasteiger partial charge in [0.25, 0.3) is 0 Å². The second-order valence-corrected chi connectivity index (χ2v) is 2.76. The van der Waals surface area contributed by atoms with Gasteiger partial charge in [-0.25, -0.2) is 4.98 Å². The minimum atomic E-state index is 0.837. The molecule has 2 rings (SSSR count). The van der Waals surface area contributed by atoms with E-state index >= 15 is 0 Å². The van der Waals surface area contributed by atoms with Crippen molar-refractivity contribution in [2.24, 2.45) is 0 Å². The summed E-state index contributed by atoms with van der Waals surface area (Å²) < 4.78 is 1.90. The predicted molar refractivity (Wildman–Crippen MR) is 42.6 cm³/mol. The molecule has 56 valence electrons. The Morgan fingerprint density at radius 3 is 3.27 bits per heavy atom. The van der Waals surface area contributed by atoms with Crippen LogP contribution in [0.2, 0.25) is 0 Å². The third-order valence-corrected chi connectivity index (χ3v) is 2.02. The van der Waals surface area contributed by atoms with Crippen molar-refractivity contribution in [3.05, 3.63) is 18.6 Å². The van der Waals surface area contributed by atoms with Crippen LogP contribution < -0.4 is 0 Å². The zero-order valence-corrected chi connectivity index (χ0v) is 6.75. The van der Waals surface area contributed by atoms with Gasteiger partial charge in [-0.2, -0.15) is 5.10 Å². The first-order valence-corrected chi connectivity index (χ1v) is 4.33. The Bertz CT molecular complexity index is 369. The number of hydrogen-bond acceptors (Lipinski definition) is 4. The van der Waals surface area contributed by atoms with Gasteiger partial charge in [0.2, 0.25) is 0 Å². The predicted octanol–water partition coefficient (Wildman–Crippen LogP) is 0.846. The highest BCUT2D eigenvalue weighted by atomic mass is 32.2. The molecule has 2 aromatic heterocycles. The van der Waals surface area contributed by atoms with Crippen LogP contribution >= 0.6 is 11.8 Å². The summed E-state index contributed by atoms with van der Waals surface area (Å²) in [5.41, 5.74) is 0.837. The fraction of sp³-hybridized carbons (Fsp3) is 0.167. The molecule has 0 aliphatic carbocycles. The van der Waals surface area contributed by atoms with E-state index in [0.29, 0.717) is 0 Å². The Morgan fingerprint density at radius 1 is 1.55 bits per heavy atom. The van der Waals surface area contributed by atoms with Crippen LogP contribution in [0.25, 0.3) is 5.65 Å². The Kier molecular flexibility index (Phi) is 1.50. The van der Waals surface area contributed by atoms with Crippen molar-refractivity contribution in [1.29, 1.82) is 0 Å². The summed E-state index contributed by atoms with van der Waals surface area (Å²) in [5, 5.41) is 8.60. The Morgan fingerprint density at radius 2 is 2.45 bits per heavy atom. The molecule has 2 aromatic rings. The minimum absolute atomic E-state index is 0.837. The standard InChI is InChI=1S/C6H6N4S/c1-11-6-9-8-4-5-7-2-3-10(5)6/h2-4H,1H3. The number of aromatic nitrogens is 4. The summed E-state index contributed by atoms with van der Waals surface area (Å²) in [5.74, 6) is 0. The monoisotopic (exact) mass is 166 g/mol. The van der Waals surface area contributed by atoms with Crippen molar-refractivity contribution in [2.75, 3.05) is 6.26 Å². The summed E-state index contributed by atoms with van der Waals surface area (Å²) in [4.78, 5) is 4.07. The van der Waals surface area contributed by atoms with E-state index in [1.807, 2.05) is 16.9 Å². The number of thioether (sulfide) groups is 1. The molecule has 2 heterocycles. The molecule has 0 aliphatic rings. The second kappa shape index (κ2) is 2.50. The first-order chi connectivity index (χ1) is 5.42. The van der Waals surface area contributed by atoms with Crippen LogP contribution in [0.3, 0.4) is 0 Å². The van der Waals surface area contributed by atoms with Crippen LogP contribution in [0.4, 0.5) is 0 Å². The van der Waals surface area contributed by atoms with E-state index in [4.69, 9.17) is 0 Å². The van der Waals surface area contributed by atoms with Crippen LogP contribution in [0.15, 0.2) is 23.7 Å². The van der Waals surface area contributed by atoms with Gasteiger partial charge in [0.1, 0.15) is 0 Å². The maximum absolute atomic E-state index is 4.07. The summed E-state index contributed by atoms with van der Waals surface area (Å²) in [6.45, 7) is 0. The molecular weight excluding hydrogens is 160 g/mol. The van der Waals surface area contributed by atoms with Gasteiger partial charge in [-0.3, -0.25) is 4.40 Å². The molecule has 11 heavy (non-hydrogen) atoms. The van der Waals surface area contributed by atoms with Gasteiger partial charge < -0.3 is 0 Å². The van der Waals surface area contributed by atoms with Gasteiger partial charge in [0, 0.05) is 12.4 Å². The third kappa shape index (κ3) is 0.970. The molecule has 0 spiro atoms. The molecule has 0 aromatic carbocycles. The van der Waals surface area contributed by atoms with Gasteiger partial charge in [-0.1, -0.05) is 11.8 Å². The van der Waals surface area contributed by atoms with Crippen LogP contribution in [0, 0.1) is 0 Å². The number of imidazole rings is 1. The maximum Gasteiger partial charge on any atom is 0.195 e. The van der Waals surface area contributed by atoms with E-state index < -0.39 is 0 Å². The molecule has 0 N–H and O–H groups in total. The van der Waals surface area contributed by atoms with Crippen LogP contribution in [0.5, 0.6) is 0 Å². The fourth-order valence-corrected chi connectivity index (χ4v) is 1.37. The van der Waals surface area contributed by atoms with Crippen molar-refractivity contribution in [3.63, 3.8) is 0 Å². The number of hydrogen-bond donors (Lipinski definition) is 0. The largest absolute Gasteiger partial charge is 0.276 e. The SMILES string of the molecule is CSc1nncc2nccn12. The molecule has 0 radical (unpaired) electrons. The van der Waals surface area contributed by atoms with Gasteiger partial charge in [-0.05, 0) is 6.26 Å². The van der Waals surface area contributed by atoms with Crippen LogP contribution in [0.1, 0.15) is 0 Å². The number of nitrogens with zero attached hydrogens (tertiary/aromatic N) is 4. The van der Waals surface area contributed by atoms with E-state index in [1.54, 1.807) is 24.2 Å². The first-order valence-electron chi connectivity index (χ1n) is 3.10. The van der Waals surface area contributed by atoms with Crippen molar-refractivity contribution in [2.45, 2.75) is 5.16 Å². The van der Waals surface area contributed by atoms with Crippen LogP contribution in [-0.2, 0) is 0 Å². The smallest absolute Gasteiger partial charge is 0.195 e. The molecule has 0 amide bonds. The molecule has 0 unspecified atom stereocenters. The van der Waals surface area contributed by atoms with E-state index in [2.05, 4.69) is 15.2 Å². The lowest BCUT2D eigenvalue weighted by molar-refractivity contribution is 0.808. The van der Waals surface area contributed by atoms with Gasteiger partial charge in [-0.15, -0.1) is 5.10 Å².